The zero-order valence-corrected chi connectivity index (χ0v) is 12.1. The molecule has 0 radical (unpaired) electrons. The predicted molar refractivity (Wildman–Crippen MR) is 76.6 cm³/mol. The van der Waals surface area contributed by atoms with Crippen LogP contribution in [0.1, 0.15) is 56.0 Å². The molecular weight excluding hydrogens is 226 g/mol. The molecule has 1 atom stereocenters. The van der Waals surface area contributed by atoms with Crippen LogP contribution in [0.15, 0.2) is 11.4 Å². The highest BCUT2D eigenvalue weighted by Gasteiger charge is 2.27. The lowest BCUT2D eigenvalue weighted by Gasteiger charge is -2.33. The van der Waals surface area contributed by atoms with Crippen molar-refractivity contribution in [3.63, 3.8) is 0 Å². The van der Waals surface area contributed by atoms with E-state index in [4.69, 9.17) is 0 Å². The van der Waals surface area contributed by atoms with Crippen LogP contribution in [0.25, 0.3) is 0 Å². The van der Waals surface area contributed by atoms with Crippen LogP contribution in [0.2, 0.25) is 0 Å². The van der Waals surface area contributed by atoms with Crippen molar-refractivity contribution < 1.29 is 0 Å². The SMILES string of the molecule is CCNC(c1ccsc1C)C1CCC(C)CC1. The van der Waals surface area contributed by atoms with Crippen molar-refractivity contribution in [3.8, 4) is 0 Å². The highest BCUT2D eigenvalue weighted by Crippen LogP contribution is 2.38. The van der Waals surface area contributed by atoms with E-state index in [-0.39, 0.29) is 0 Å². The van der Waals surface area contributed by atoms with Crippen LogP contribution in [0, 0.1) is 18.8 Å². The average molecular weight is 251 g/mol. The number of aryl methyl sites for hydroxylation is 1. The minimum atomic E-state index is 0.596. The molecule has 1 aromatic heterocycles. The Balaban J connectivity index is 2.09. The molecule has 1 aliphatic carbocycles. The van der Waals surface area contributed by atoms with Crippen molar-refractivity contribution in [1.29, 1.82) is 0 Å². The smallest absolute Gasteiger partial charge is 0.0359 e. The molecule has 1 fully saturated rings. The molecule has 1 heterocycles. The molecule has 0 bridgehead atoms. The summed E-state index contributed by atoms with van der Waals surface area (Å²) in [7, 11) is 0. The average Bonchev–Trinajstić information content (AvgIpc) is 2.74. The van der Waals surface area contributed by atoms with Gasteiger partial charge in [-0.15, -0.1) is 11.3 Å². The van der Waals surface area contributed by atoms with E-state index in [0.29, 0.717) is 6.04 Å². The third kappa shape index (κ3) is 3.11. The second-order valence-corrected chi connectivity index (χ2v) is 6.61. The molecule has 1 N–H and O–H groups in total. The van der Waals surface area contributed by atoms with Crippen LogP contribution in [0.4, 0.5) is 0 Å². The summed E-state index contributed by atoms with van der Waals surface area (Å²) >= 11 is 1.88. The monoisotopic (exact) mass is 251 g/mol. The third-order valence-electron chi connectivity index (χ3n) is 4.19. The normalized spacial score (nSPS) is 27.0. The van der Waals surface area contributed by atoms with Crippen molar-refractivity contribution in [2.24, 2.45) is 11.8 Å². The van der Waals surface area contributed by atoms with Crippen molar-refractivity contribution >= 4 is 11.3 Å². The van der Waals surface area contributed by atoms with E-state index in [0.717, 1.165) is 18.4 Å². The van der Waals surface area contributed by atoms with Gasteiger partial charge in [-0.1, -0.05) is 26.7 Å². The molecule has 1 saturated carbocycles. The van der Waals surface area contributed by atoms with Crippen molar-refractivity contribution in [2.75, 3.05) is 6.54 Å². The highest BCUT2D eigenvalue weighted by atomic mass is 32.1. The molecular formula is C15H25NS. The van der Waals surface area contributed by atoms with Crippen molar-refractivity contribution in [2.45, 2.75) is 52.5 Å². The molecule has 1 aromatic rings. The highest BCUT2D eigenvalue weighted by molar-refractivity contribution is 7.10. The first-order valence-electron chi connectivity index (χ1n) is 6.99. The Hall–Kier alpha value is -0.340. The van der Waals surface area contributed by atoms with Gasteiger partial charge in [-0.05, 0) is 55.2 Å². The van der Waals surface area contributed by atoms with Crippen LogP contribution >= 0.6 is 11.3 Å². The first kappa shape index (κ1) is 13.1. The molecule has 0 spiro atoms. The van der Waals surface area contributed by atoms with Gasteiger partial charge in [0.1, 0.15) is 0 Å². The maximum atomic E-state index is 3.72. The van der Waals surface area contributed by atoms with Gasteiger partial charge < -0.3 is 5.32 Å². The van der Waals surface area contributed by atoms with Crippen LogP contribution < -0.4 is 5.32 Å². The van der Waals surface area contributed by atoms with Gasteiger partial charge in [0.05, 0.1) is 0 Å². The fraction of sp³-hybridized carbons (Fsp3) is 0.733. The van der Waals surface area contributed by atoms with Gasteiger partial charge in [-0.2, -0.15) is 0 Å². The van der Waals surface area contributed by atoms with Crippen LogP contribution in [-0.4, -0.2) is 6.54 Å². The first-order chi connectivity index (χ1) is 8.22. The van der Waals surface area contributed by atoms with Crippen LogP contribution in [0.3, 0.4) is 0 Å². The Morgan fingerprint density at radius 2 is 2.06 bits per heavy atom. The Morgan fingerprint density at radius 3 is 2.59 bits per heavy atom. The van der Waals surface area contributed by atoms with E-state index < -0.39 is 0 Å². The summed E-state index contributed by atoms with van der Waals surface area (Å²) in [5.41, 5.74) is 1.55. The van der Waals surface area contributed by atoms with Crippen LogP contribution in [0.5, 0.6) is 0 Å². The zero-order valence-electron chi connectivity index (χ0n) is 11.3. The summed E-state index contributed by atoms with van der Waals surface area (Å²) in [4.78, 5) is 1.49. The van der Waals surface area contributed by atoms with Gasteiger partial charge in [-0.3, -0.25) is 0 Å². The van der Waals surface area contributed by atoms with E-state index in [1.165, 1.54) is 30.6 Å². The molecule has 96 valence electrons. The molecule has 0 aliphatic heterocycles. The molecule has 2 heteroatoms. The van der Waals surface area contributed by atoms with E-state index in [9.17, 15) is 0 Å². The standard InChI is InChI=1S/C15H25NS/c1-4-16-15(14-9-10-17-12(14)3)13-7-5-11(2)6-8-13/h9-11,13,15-16H,4-8H2,1-3H3. The second-order valence-electron chi connectivity index (χ2n) is 5.49. The summed E-state index contributed by atoms with van der Waals surface area (Å²) in [6.07, 6.45) is 5.62. The fourth-order valence-electron chi connectivity index (χ4n) is 3.09. The zero-order chi connectivity index (χ0) is 12.3. The molecule has 1 unspecified atom stereocenters. The minimum Gasteiger partial charge on any atom is -0.310 e. The van der Waals surface area contributed by atoms with Gasteiger partial charge in [0.15, 0.2) is 0 Å². The molecule has 0 saturated heterocycles. The first-order valence-corrected chi connectivity index (χ1v) is 7.87. The fourth-order valence-corrected chi connectivity index (χ4v) is 3.84. The summed E-state index contributed by atoms with van der Waals surface area (Å²) < 4.78 is 0. The summed E-state index contributed by atoms with van der Waals surface area (Å²) in [5, 5.41) is 5.95. The van der Waals surface area contributed by atoms with Gasteiger partial charge in [-0.25, -0.2) is 0 Å². The maximum absolute atomic E-state index is 3.72. The number of hydrogen-bond donors (Lipinski definition) is 1. The van der Waals surface area contributed by atoms with E-state index in [1.807, 2.05) is 11.3 Å². The third-order valence-corrected chi connectivity index (χ3v) is 5.05. The Morgan fingerprint density at radius 1 is 1.35 bits per heavy atom. The lowest BCUT2D eigenvalue weighted by atomic mass is 9.77. The Labute approximate surface area is 110 Å². The Bertz CT molecular complexity index is 336. The molecule has 1 nitrogen and oxygen atoms in total. The molecule has 17 heavy (non-hydrogen) atoms. The van der Waals surface area contributed by atoms with Gasteiger partial charge in [0, 0.05) is 10.9 Å². The maximum Gasteiger partial charge on any atom is 0.0359 e. The van der Waals surface area contributed by atoms with Crippen molar-refractivity contribution in [1.82, 2.24) is 5.32 Å². The second kappa shape index (κ2) is 6.01. The summed E-state index contributed by atoms with van der Waals surface area (Å²) in [5.74, 6) is 1.79. The number of nitrogens with one attached hydrogen (secondary N) is 1. The number of rotatable bonds is 4. The Kier molecular flexibility index (Phi) is 4.63. The van der Waals surface area contributed by atoms with Gasteiger partial charge in [0.2, 0.25) is 0 Å². The quantitative estimate of drug-likeness (QED) is 0.829. The van der Waals surface area contributed by atoms with Gasteiger partial charge >= 0.3 is 0 Å². The van der Waals surface area contributed by atoms with Crippen molar-refractivity contribution in [3.05, 3.63) is 21.9 Å². The molecule has 1 aliphatic rings. The molecule has 0 amide bonds. The van der Waals surface area contributed by atoms with E-state index >= 15 is 0 Å². The summed E-state index contributed by atoms with van der Waals surface area (Å²) in [6.45, 7) is 7.95. The predicted octanol–water partition coefficient (Wildman–Crippen LogP) is 4.53. The summed E-state index contributed by atoms with van der Waals surface area (Å²) in [6, 6.07) is 2.92. The molecule has 2 rings (SSSR count). The van der Waals surface area contributed by atoms with Gasteiger partial charge in [0.25, 0.3) is 0 Å². The lowest BCUT2D eigenvalue weighted by Crippen LogP contribution is -2.30. The number of thiophene rings is 1. The van der Waals surface area contributed by atoms with E-state index in [1.54, 1.807) is 5.56 Å². The lowest BCUT2D eigenvalue weighted by molar-refractivity contribution is 0.233. The molecule has 0 aromatic carbocycles. The minimum absolute atomic E-state index is 0.596. The van der Waals surface area contributed by atoms with Crippen LogP contribution in [-0.2, 0) is 0 Å². The number of hydrogen-bond acceptors (Lipinski definition) is 2. The topological polar surface area (TPSA) is 12.0 Å². The van der Waals surface area contributed by atoms with E-state index in [2.05, 4.69) is 37.5 Å². The largest absolute Gasteiger partial charge is 0.310 e.